The van der Waals surface area contributed by atoms with E-state index in [0.29, 0.717) is 0 Å². The van der Waals surface area contributed by atoms with E-state index < -0.39 is 0 Å². The van der Waals surface area contributed by atoms with Crippen molar-refractivity contribution in [1.29, 1.82) is 0 Å². The van der Waals surface area contributed by atoms with Crippen LogP contribution in [0.15, 0.2) is 47.5 Å². The summed E-state index contributed by atoms with van der Waals surface area (Å²) in [5, 5.41) is 0. The molecule has 1 heteroatoms. The summed E-state index contributed by atoms with van der Waals surface area (Å²) in [4.78, 5) is 4.41. The average Bonchev–Trinajstić information content (AvgIpc) is 2.19. The first-order chi connectivity index (χ1) is 6.38. The van der Waals surface area contributed by atoms with E-state index in [4.69, 9.17) is 0 Å². The third kappa shape index (κ3) is 2.86. The first-order valence-corrected chi connectivity index (χ1v) is 4.61. The van der Waals surface area contributed by atoms with Crippen molar-refractivity contribution in [2.45, 2.75) is 13.8 Å². The Morgan fingerprint density at radius 1 is 1.31 bits per heavy atom. The highest BCUT2D eigenvalue weighted by Gasteiger charge is 1.95. The SMILES string of the molecule is C/C=C\C(=N/CC)c1ccccc1. The van der Waals surface area contributed by atoms with Gasteiger partial charge in [0.15, 0.2) is 0 Å². The second kappa shape index (κ2) is 5.31. The Morgan fingerprint density at radius 3 is 2.54 bits per heavy atom. The van der Waals surface area contributed by atoms with Gasteiger partial charge in [-0.1, -0.05) is 36.4 Å². The molecule has 0 bridgehead atoms. The number of rotatable bonds is 3. The van der Waals surface area contributed by atoms with Gasteiger partial charge in [0.2, 0.25) is 0 Å². The molecule has 0 aliphatic carbocycles. The quantitative estimate of drug-likeness (QED) is 0.623. The van der Waals surface area contributed by atoms with Gasteiger partial charge >= 0.3 is 0 Å². The van der Waals surface area contributed by atoms with E-state index in [1.807, 2.05) is 44.2 Å². The van der Waals surface area contributed by atoms with E-state index in [9.17, 15) is 0 Å². The van der Waals surface area contributed by atoms with Gasteiger partial charge in [-0.15, -0.1) is 0 Å². The van der Waals surface area contributed by atoms with E-state index in [-0.39, 0.29) is 0 Å². The van der Waals surface area contributed by atoms with Gasteiger partial charge in [-0.05, 0) is 25.5 Å². The van der Waals surface area contributed by atoms with Crippen molar-refractivity contribution in [3.05, 3.63) is 48.0 Å². The van der Waals surface area contributed by atoms with Gasteiger partial charge in [-0.3, -0.25) is 4.99 Å². The molecule has 1 aromatic carbocycles. The van der Waals surface area contributed by atoms with Crippen LogP contribution in [0.25, 0.3) is 0 Å². The maximum absolute atomic E-state index is 4.41. The molecule has 0 saturated carbocycles. The summed E-state index contributed by atoms with van der Waals surface area (Å²) in [5.74, 6) is 0. The van der Waals surface area contributed by atoms with E-state index in [1.165, 1.54) is 5.56 Å². The maximum atomic E-state index is 4.41. The van der Waals surface area contributed by atoms with Crippen LogP contribution in [0.3, 0.4) is 0 Å². The molecule has 1 aromatic rings. The Labute approximate surface area is 79.8 Å². The highest BCUT2D eigenvalue weighted by Crippen LogP contribution is 2.02. The second-order valence-electron chi connectivity index (χ2n) is 2.73. The summed E-state index contributed by atoms with van der Waals surface area (Å²) in [6.45, 7) is 4.88. The summed E-state index contributed by atoms with van der Waals surface area (Å²) in [6, 6.07) is 10.2. The van der Waals surface area contributed by atoms with Crippen LogP contribution in [0.5, 0.6) is 0 Å². The van der Waals surface area contributed by atoms with Gasteiger partial charge in [-0.2, -0.15) is 0 Å². The monoisotopic (exact) mass is 173 g/mol. The van der Waals surface area contributed by atoms with Crippen molar-refractivity contribution in [2.24, 2.45) is 4.99 Å². The van der Waals surface area contributed by atoms with Crippen molar-refractivity contribution in [3.63, 3.8) is 0 Å². The predicted molar refractivity (Wildman–Crippen MR) is 58.3 cm³/mol. The van der Waals surface area contributed by atoms with Crippen LogP contribution in [0, 0.1) is 0 Å². The molecule has 1 rings (SSSR count). The van der Waals surface area contributed by atoms with Crippen LogP contribution in [0.2, 0.25) is 0 Å². The van der Waals surface area contributed by atoms with Gasteiger partial charge in [0.25, 0.3) is 0 Å². The second-order valence-corrected chi connectivity index (χ2v) is 2.73. The van der Waals surface area contributed by atoms with Crippen molar-refractivity contribution in [2.75, 3.05) is 6.54 Å². The number of allylic oxidation sites excluding steroid dienone is 2. The number of benzene rings is 1. The molecule has 0 heterocycles. The minimum Gasteiger partial charge on any atom is -0.285 e. The molecule has 0 aliphatic heterocycles. The minimum absolute atomic E-state index is 0.828. The Morgan fingerprint density at radius 2 is 2.00 bits per heavy atom. The highest BCUT2D eigenvalue weighted by molar-refractivity contribution is 6.08. The van der Waals surface area contributed by atoms with Gasteiger partial charge in [0.1, 0.15) is 0 Å². The normalized spacial score (nSPS) is 12.3. The summed E-state index contributed by atoms with van der Waals surface area (Å²) in [6.07, 6.45) is 4.06. The Bertz CT molecular complexity index is 296. The van der Waals surface area contributed by atoms with E-state index in [2.05, 4.69) is 17.1 Å². The molecule has 13 heavy (non-hydrogen) atoms. The van der Waals surface area contributed by atoms with E-state index in [0.717, 1.165) is 12.3 Å². The summed E-state index contributed by atoms with van der Waals surface area (Å²) in [5.41, 5.74) is 2.24. The van der Waals surface area contributed by atoms with Gasteiger partial charge in [0, 0.05) is 6.54 Å². The average molecular weight is 173 g/mol. The third-order valence-corrected chi connectivity index (χ3v) is 1.72. The smallest absolute Gasteiger partial charge is 0.0643 e. The summed E-state index contributed by atoms with van der Waals surface area (Å²) in [7, 11) is 0. The van der Waals surface area contributed by atoms with Gasteiger partial charge < -0.3 is 0 Å². The lowest BCUT2D eigenvalue weighted by Gasteiger charge is -1.99. The predicted octanol–water partition coefficient (Wildman–Crippen LogP) is 3.07. The van der Waals surface area contributed by atoms with Crippen molar-refractivity contribution in [3.8, 4) is 0 Å². The number of nitrogens with zero attached hydrogens (tertiary/aromatic N) is 1. The first-order valence-electron chi connectivity index (χ1n) is 4.61. The molecule has 0 aromatic heterocycles. The van der Waals surface area contributed by atoms with Gasteiger partial charge in [0.05, 0.1) is 5.71 Å². The Hall–Kier alpha value is -1.37. The Kier molecular flexibility index (Phi) is 3.97. The fraction of sp³-hybridized carbons (Fsp3) is 0.250. The van der Waals surface area contributed by atoms with Crippen LogP contribution in [0.1, 0.15) is 19.4 Å². The Balaban J connectivity index is 2.96. The van der Waals surface area contributed by atoms with Crippen LogP contribution < -0.4 is 0 Å². The molecule has 0 spiro atoms. The maximum Gasteiger partial charge on any atom is 0.0643 e. The third-order valence-electron chi connectivity index (χ3n) is 1.72. The molecule has 0 atom stereocenters. The molecule has 0 unspecified atom stereocenters. The fourth-order valence-corrected chi connectivity index (χ4v) is 1.18. The molecule has 0 N–H and O–H groups in total. The molecule has 68 valence electrons. The molecule has 0 amide bonds. The van der Waals surface area contributed by atoms with Gasteiger partial charge in [-0.25, -0.2) is 0 Å². The zero-order valence-corrected chi connectivity index (χ0v) is 8.20. The van der Waals surface area contributed by atoms with Crippen LogP contribution >= 0.6 is 0 Å². The largest absolute Gasteiger partial charge is 0.285 e. The highest BCUT2D eigenvalue weighted by atomic mass is 14.7. The van der Waals surface area contributed by atoms with E-state index >= 15 is 0 Å². The standard InChI is InChI=1S/C12H15N/c1-3-8-12(13-4-2)11-9-6-5-7-10-11/h3,5-10H,4H2,1-2H3/b8-3-,13-12+. The van der Waals surface area contributed by atoms with Crippen LogP contribution in [0.4, 0.5) is 0 Å². The zero-order chi connectivity index (χ0) is 9.52. The topological polar surface area (TPSA) is 12.4 Å². The zero-order valence-electron chi connectivity index (χ0n) is 8.20. The fourth-order valence-electron chi connectivity index (χ4n) is 1.18. The molecule has 1 nitrogen and oxygen atoms in total. The lowest BCUT2D eigenvalue weighted by Crippen LogP contribution is -1.96. The van der Waals surface area contributed by atoms with Crippen molar-refractivity contribution in [1.82, 2.24) is 0 Å². The molecule has 0 fully saturated rings. The number of hydrogen-bond acceptors (Lipinski definition) is 1. The summed E-state index contributed by atoms with van der Waals surface area (Å²) >= 11 is 0. The van der Waals surface area contributed by atoms with Crippen LogP contribution in [-0.4, -0.2) is 12.3 Å². The first kappa shape index (κ1) is 9.72. The minimum atomic E-state index is 0.828. The van der Waals surface area contributed by atoms with Crippen molar-refractivity contribution < 1.29 is 0 Å². The number of aliphatic imine (C=N–C) groups is 1. The lowest BCUT2D eigenvalue weighted by atomic mass is 10.1. The molecule has 0 radical (unpaired) electrons. The molecule has 0 saturated heterocycles. The van der Waals surface area contributed by atoms with Crippen LogP contribution in [-0.2, 0) is 0 Å². The lowest BCUT2D eigenvalue weighted by molar-refractivity contribution is 1.13. The van der Waals surface area contributed by atoms with Crippen molar-refractivity contribution >= 4 is 5.71 Å². The molecular formula is C12H15N. The van der Waals surface area contributed by atoms with E-state index in [1.54, 1.807) is 0 Å². The molecular weight excluding hydrogens is 158 g/mol. The summed E-state index contributed by atoms with van der Waals surface area (Å²) < 4.78 is 0. The number of hydrogen-bond donors (Lipinski definition) is 0. The molecule has 0 aliphatic rings.